The summed E-state index contributed by atoms with van der Waals surface area (Å²) >= 11 is 0. The first-order valence-electron chi connectivity index (χ1n) is 7.74. The van der Waals surface area contributed by atoms with Gasteiger partial charge in [0, 0.05) is 6.54 Å². The quantitative estimate of drug-likeness (QED) is 0.851. The summed E-state index contributed by atoms with van der Waals surface area (Å²) < 4.78 is 10.6. The van der Waals surface area contributed by atoms with Crippen LogP contribution in [0, 0.1) is 5.92 Å². The minimum atomic E-state index is -0.216. The van der Waals surface area contributed by atoms with E-state index in [1.165, 1.54) is 4.90 Å². The molecule has 6 nitrogen and oxygen atoms in total. The van der Waals surface area contributed by atoms with Crippen molar-refractivity contribution >= 4 is 24.2 Å². The number of hydrogen-bond acceptors (Lipinski definition) is 5. The summed E-state index contributed by atoms with van der Waals surface area (Å²) in [6, 6.07) is 3.25. The Kier molecular flexibility index (Phi) is 4.46. The van der Waals surface area contributed by atoms with Gasteiger partial charge in [0.15, 0.2) is 11.5 Å². The van der Waals surface area contributed by atoms with E-state index in [9.17, 15) is 9.59 Å². The second-order valence-electron chi connectivity index (χ2n) is 6.00. The van der Waals surface area contributed by atoms with Crippen molar-refractivity contribution < 1.29 is 19.1 Å². The molecule has 4 rings (SSSR count). The number of amides is 2. The number of benzene rings is 1. The molecular weight excluding hydrogens is 320 g/mol. The van der Waals surface area contributed by atoms with Crippen molar-refractivity contribution in [2.24, 2.45) is 5.92 Å². The second-order valence-corrected chi connectivity index (χ2v) is 6.00. The van der Waals surface area contributed by atoms with Crippen LogP contribution in [0.15, 0.2) is 12.1 Å². The molecule has 0 bridgehead atoms. The Morgan fingerprint density at radius 1 is 1.04 bits per heavy atom. The first-order valence-corrected chi connectivity index (χ1v) is 7.74. The van der Waals surface area contributed by atoms with E-state index in [4.69, 9.17) is 9.47 Å². The van der Waals surface area contributed by atoms with Crippen molar-refractivity contribution in [2.45, 2.75) is 19.3 Å². The van der Waals surface area contributed by atoms with E-state index >= 15 is 0 Å². The van der Waals surface area contributed by atoms with Gasteiger partial charge < -0.3 is 14.8 Å². The highest BCUT2D eigenvalue weighted by Gasteiger charge is 2.37. The molecule has 0 atom stereocenters. The Morgan fingerprint density at radius 2 is 1.61 bits per heavy atom. The van der Waals surface area contributed by atoms with Gasteiger partial charge in [0.05, 0.1) is 11.1 Å². The third kappa shape index (κ3) is 2.77. The molecule has 1 fully saturated rings. The second kappa shape index (κ2) is 6.37. The lowest BCUT2D eigenvalue weighted by atomic mass is 9.94. The number of ether oxygens (including phenoxy) is 2. The standard InChI is InChI=1S/C16H18N2O4.ClH/c19-15-11-7-13-14(22-9-21-13)8-12(11)16(20)18(15)6-3-10-1-4-17-5-2-10;/h7-8,10,17H,1-6,9H2;1H. The van der Waals surface area contributed by atoms with Crippen molar-refractivity contribution in [3.05, 3.63) is 23.3 Å². The third-order valence-electron chi connectivity index (χ3n) is 4.68. The van der Waals surface area contributed by atoms with E-state index in [2.05, 4.69) is 5.32 Å². The SMILES string of the molecule is Cl.O=C1c2cc3c(cc2C(=O)N1CCC1CCNCC1)OCO3. The van der Waals surface area contributed by atoms with Crippen LogP contribution >= 0.6 is 12.4 Å². The van der Waals surface area contributed by atoms with Gasteiger partial charge in [-0.25, -0.2) is 0 Å². The van der Waals surface area contributed by atoms with Gasteiger partial charge in [-0.15, -0.1) is 12.4 Å². The first kappa shape index (κ1) is 16.1. The topological polar surface area (TPSA) is 67.9 Å². The van der Waals surface area contributed by atoms with Crippen LogP contribution < -0.4 is 14.8 Å². The number of imide groups is 1. The average molecular weight is 339 g/mol. The fraction of sp³-hybridized carbons (Fsp3) is 0.500. The summed E-state index contributed by atoms with van der Waals surface area (Å²) in [5, 5.41) is 3.32. The zero-order valence-corrected chi connectivity index (χ0v) is 13.5. The number of nitrogens with zero attached hydrogens (tertiary/aromatic N) is 1. The van der Waals surface area contributed by atoms with Crippen LogP contribution in [0.1, 0.15) is 40.0 Å². The van der Waals surface area contributed by atoms with E-state index in [1.54, 1.807) is 12.1 Å². The fourth-order valence-electron chi connectivity index (χ4n) is 3.36. The van der Waals surface area contributed by atoms with Gasteiger partial charge in [0.1, 0.15) is 0 Å². The highest BCUT2D eigenvalue weighted by Crippen LogP contribution is 2.38. The lowest BCUT2D eigenvalue weighted by Gasteiger charge is -2.24. The van der Waals surface area contributed by atoms with Gasteiger partial charge in [-0.2, -0.15) is 0 Å². The molecule has 3 aliphatic rings. The first-order chi connectivity index (χ1) is 10.7. The number of piperidine rings is 1. The van der Waals surface area contributed by atoms with E-state index in [0.29, 0.717) is 35.1 Å². The largest absolute Gasteiger partial charge is 0.454 e. The molecule has 0 spiro atoms. The molecule has 0 saturated carbocycles. The molecule has 7 heteroatoms. The smallest absolute Gasteiger partial charge is 0.261 e. The van der Waals surface area contributed by atoms with Gasteiger partial charge in [0.25, 0.3) is 11.8 Å². The molecule has 3 heterocycles. The van der Waals surface area contributed by atoms with Crippen LogP contribution in [0.3, 0.4) is 0 Å². The molecular formula is C16H19ClN2O4. The molecule has 3 aliphatic heterocycles. The molecule has 0 radical (unpaired) electrons. The maximum atomic E-state index is 12.5. The maximum absolute atomic E-state index is 12.5. The molecule has 1 saturated heterocycles. The van der Waals surface area contributed by atoms with E-state index in [1.807, 2.05) is 0 Å². The van der Waals surface area contributed by atoms with Gasteiger partial charge >= 0.3 is 0 Å². The molecule has 1 aromatic carbocycles. The molecule has 1 aromatic rings. The Hall–Kier alpha value is -1.79. The number of rotatable bonds is 3. The van der Waals surface area contributed by atoms with Gasteiger partial charge in [-0.1, -0.05) is 0 Å². The Morgan fingerprint density at radius 3 is 2.17 bits per heavy atom. The number of carbonyl (C=O) groups is 2. The predicted molar refractivity (Wildman–Crippen MR) is 85.4 cm³/mol. The normalized spacial score (nSPS) is 19.7. The molecule has 124 valence electrons. The fourth-order valence-corrected chi connectivity index (χ4v) is 3.36. The zero-order chi connectivity index (χ0) is 15.1. The molecule has 0 unspecified atom stereocenters. The number of hydrogen-bond donors (Lipinski definition) is 1. The van der Waals surface area contributed by atoms with Crippen molar-refractivity contribution in [2.75, 3.05) is 26.4 Å². The summed E-state index contributed by atoms with van der Waals surface area (Å²) in [5.41, 5.74) is 0.860. The Labute approximate surface area is 140 Å². The summed E-state index contributed by atoms with van der Waals surface area (Å²) in [5.74, 6) is 1.24. The third-order valence-corrected chi connectivity index (χ3v) is 4.68. The molecule has 1 N–H and O–H groups in total. The molecule has 0 aliphatic carbocycles. The Balaban J connectivity index is 0.00000156. The van der Waals surface area contributed by atoms with Crippen molar-refractivity contribution in [1.29, 1.82) is 0 Å². The zero-order valence-electron chi connectivity index (χ0n) is 12.7. The van der Waals surface area contributed by atoms with Gasteiger partial charge in [-0.05, 0) is 50.4 Å². The minimum Gasteiger partial charge on any atom is -0.454 e. The van der Waals surface area contributed by atoms with Crippen LogP contribution in [0.2, 0.25) is 0 Å². The maximum Gasteiger partial charge on any atom is 0.261 e. The van der Waals surface area contributed by atoms with E-state index in [-0.39, 0.29) is 31.0 Å². The monoisotopic (exact) mass is 338 g/mol. The lowest BCUT2D eigenvalue weighted by molar-refractivity contribution is 0.0642. The molecule has 23 heavy (non-hydrogen) atoms. The Bertz CT molecular complexity index is 600. The number of carbonyl (C=O) groups excluding carboxylic acids is 2. The van der Waals surface area contributed by atoms with Crippen LogP contribution in [0.25, 0.3) is 0 Å². The highest BCUT2D eigenvalue weighted by molar-refractivity contribution is 6.21. The summed E-state index contributed by atoms with van der Waals surface area (Å²) in [7, 11) is 0. The molecule has 0 aromatic heterocycles. The van der Waals surface area contributed by atoms with E-state index in [0.717, 1.165) is 32.4 Å². The lowest BCUT2D eigenvalue weighted by Crippen LogP contribution is -2.34. The van der Waals surface area contributed by atoms with Crippen LogP contribution in [0.4, 0.5) is 0 Å². The highest BCUT2D eigenvalue weighted by atomic mass is 35.5. The minimum absolute atomic E-state index is 0. The van der Waals surface area contributed by atoms with Crippen molar-refractivity contribution in [3.63, 3.8) is 0 Å². The van der Waals surface area contributed by atoms with Crippen molar-refractivity contribution in [3.8, 4) is 11.5 Å². The van der Waals surface area contributed by atoms with Crippen LogP contribution in [-0.4, -0.2) is 43.1 Å². The van der Waals surface area contributed by atoms with Crippen molar-refractivity contribution in [1.82, 2.24) is 10.2 Å². The number of halogens is 1. The number of fused-ring (bicyclic) bond motifs is 2. The molecule has 2 amide bonds. The van der Waals surface area contributed by atoms with E-state index < -0.39 is 0 Å². The van der Waals surface area contributed by atoms with Gasteiger partial charge in [0.2, 0.25) is 6.79 Å². The average Bonchev–Trinajstić information content (AvgIpc) is 3.09. The summed E-state index contributed by atoms with van der Waals surface area (Å²) in [6.07, 6.45) is 3.10. The van der Waals surface area contributed by atoms with Gasteiger partial charge in [-0.3, -0.25) is 14.5 Å². The van der Waals surface area contributed by atoms with Crippen LogP contribution in [0.5, 0.6) is 11.5 Å². The predicted octanol–water partition coefficient (Wildman–Crippen LogP) is 1.82. The summed E-state index contributed by atoms with van der Waals surface area (Å²) in [4.78, 5) is 26.3. The number of nitrogens with one attached hydrogen (secondary N) is 1. The summed E-state index contributed by atoms with van der Waals surface area (Å²) in [6.45, 7) is 2.67. The van der Waals surface area contributed by atoms with Crippen LogP contribution in [-0.2, 0) is 0 Å².